The summed E-state index contributed by atoms with van der Waals surface area (Å²) in [6, 6.07) is 10.1. The Hall–Kier alpha value is -2.05. The van der Waals surface area contributed by atoms with Crippen molar-refractivity contribution >= 4 is 27.6 Å². The van der Waals surface area contributed by atoms with Crippen LogP contribution in [0.4, 0.5) is 0 Å². The molecular weight excluding hydrogens is 314 g/mol. The highest BCUT2D eigenvalue weighted by Gasteiger charge is 2.20. The number of benzene rings is 2. The Morgan fingerprint density at radius 3 is 2.52 bits per heavy atom. The average Bonchev–Trinajstić information content (AvgIpc) is 2.37. The van der Waals surface area contributed by atoms with Crippen molar-refractivity contribution < 1.29 is 17.4 Å². The van der Waals surface area contributed by atoms with Gasteiger partial charge in [0.15, 0.2) is 0 Å². The topological polar surface area (TPSA) is 86.5 Å². The van der Waals surface area contributed by atoms with Crippen molar-refractivity contribution in [3.05, 3.63) is 58.6 Å². The van der Waals surface area contributed by atoms with E-state index in [4.69, 9.17) is 21.5 Å². The molecule has 0 heterocycles. The molecular formula is C14H12ClNO4S. The zero-order valence-corrected chi connectivity index (χ0v) is 12.6. The van der Waals surface area contributed by atoms with E-state index in [2.05, 4.69) is 0 Å². The molecule has 5 nitrogen and oxygen atoms in total. The van der Waals surface area contributed by atoms with Gasteiger partial charge in [-0.3, -0.25) is 4.79 Å². The SMILES string of the molecule is Cc1ccc(S(=O)(=O)Oc2cccc(C(N)=O)c2)c(Cl)c1. The number of rotatable bonds is 4. The molecule has 110 valence electrons. The van der Waals surface area contributed by atoms with Gasteiger partial charge in [-0.1, -0.05) is 23.7 Å². The number of carbonyl (C=O) groups is 1. The third kappa shape index (κ3) is 3.53. The summed E-state index contributed by atoms with van der Waals surface area (Å²) in [5, 5.41) is 0.0704. The second-order valence-corrected chi connectivity index (χ2v) is 6.29. The van der Waals surface area contributed by atoms with E-state index in [1.807, 2.05) is 0 Å². The Morgan fingerprint density at radius 2 is 1.90 bits per heavy atom. The highest BCUT2D eigenvalue weighted by Crippen LogP contribution is 2.26. The van der Waals surface area contributed by atoms with Crippen LogP contribution >= 0.6 is 11.6 Å². The highest BCUT2D eigenvalue weighted by molar-refractivity contribution is 7.87. The fourth-order valence-corrected chi connectivity index (χ4v) is 3.18. The number of aryl methyl sites for hydroxylation is 1. The van der Waals surface area contributed by atoms with Crippen LogP contribution in [0.25, 0.3) is 0 Å². The summed E-state index contributed by atoms with van der Waals surface area (Å²) in [5.74, 6) is -0.686. The fraction of sp³-hybridized carbons (Fsp3) is 0.0714. The van der Waals surface area contributed by atoms with Gasteiger partial charge in [0.05, 0.1) is 5.02 Å². The first-order valence-electron chi connectivity index (χ1n) is 5.90. The molecule has 2 N–H and O–H groups in total. The number of nitrogens with two attached hydrogens (primary N) is 1. The first-order chi connectivity index (χ1) is 9.79. The Morgan fingerprint density at radius 1 is 1.19 bits per heavy atom. The van der Waals surface area contributed by atoms with E-state index < -0.39 is 16.0 Å². The van der Waals surface area contributed by atoms with E-state index >= 15 is 0 Å². The van der Waals surface area contributed by atoms with E-state index in [0.29, 0.717) is 0 Å². The smallest absolute Gasteiger partial charge is 0.340 e. The van der Waals surface area contributed by atoms with Gasteiger partial charge in [0.2, 0.25) is 5.91 Å². The number of amides is 1. The van der Waals surface area contributed by atoms with E-state index in [9.17, 15) is 13.2 Å². The van der Waals surface area contributed by atoms with Gasteiger partial charge in [0.1, 0.15) is 10.6 Å². The van der Waals surface area contributed by atoms with Crippen LogP contribution in [0.1, 0.15) is 15.9 Å². The van der Waals surface area contributed by atoms with E-state index in [-0.39, 0.29) is 21.2 Å². The lowest BCUT2D eigenvalue weighted by atomic mass is 10.2. The van der Waals surface area contributed by atoms with Gasteiger partial charge in [-0.25, -0.2) is 0 Å². The molecule has 0 saturated heterocycles. The lowest BCUT2D eigenvalue weighted by Gasteiger charge is -2.09. The maximum atomic E-state index is 12.2. The first-order valence-corrected chi connectivity index (χ1v) is 7.69. The minimum Gasteiger partial charge on any atom is -0.379 e. The van der Waals surface area contributed by atoms with Crippen LogP contribution in [0.15, 0.2) is 47.4 Å². The molecule has 2 rings (SSSR count). The summed E-state index contributed by atoms with van der Waals surface area (Å²) in [6.45, 7) is 1.79. The van der Waals surface area contributed by atoms with Gasteiger partial charge in [0.25, 0.3) is 0 Å². The molecule has 0 aliphatic carbocycles. The van der Waals surface area contributed by atoms with Gasteiger partial charge >= 0.3 is 10.1 Å². The van der Waals surface area contributed by atoms with Crippen molar-refractivity contribution in [2.24, 2.45) is 5.73 Å². The molecule has 0 bridgehead atoms. The molecule has 0 aliphatic heterocycles. The van der Waals surface area contributed by atoms with E-state index in [1.165, 1.54) is 36.4 Å². The van der Waals surface area contributed by atoms with Crippen molar-refractivity contribution in [3.63, 3.8) is 0 Å². The monoisotopic (exact) mass is 325 g/mol. The summed E-state index contributed by atoms with van der Waals surface area (Å²) in [5.41, 5.74) is 6.11. The zero-order valence-electron chi connectivity index (χ0n) is 11.0. The number of hydrogen-bond acceptors (Lipinski definition) is 4. The molecule has 2 aromatic rings. The summed E-state index contributed by atoms with van der Waals surface area (Å²) < 4.78 is 29.4. The van der Waals surface area contributed by atoms with Crippen molar-refractivity contribution in [1.82, 2.24) is 0 Å². The molecule has 0 unspecified atom stereocenters. The second-order valence-electron chi connectivity index (χ2n) is 4.36. The van der Waals surface area contributed by atoms with Gasteiger partial charge in [0, 0.05) is 5.56 Å². The number of hydrogen-bond donors (Lipinski definition) is 1. The maximum absolute atomic E-state index is 12.2. The Labute approximate surface area is 127 Å². The molecule has 21 heavy (non-hydrogen) atoms. The lowest BCUT2D eigenvalue weighted by Crippen LogP contribution is -2.13. The van der Waals surface area contributed by atoms with Crippen LogP contribution in [0.2, 0.25) is 5.02 Å². The summed E-state index contributed by atoms with van der Waals surface area (Å²) >= 11 is 5.93. The average molecular weight is 326 g/mol. The number of halogens is 1. The van der Waals surface area contributed by atoms with Crippen molar-refractivity contribution in [3.8, 4) is 5.75 Å². The summed E-state index contributed by atoms with van der Waals surface area (Å²) in [6.07, 6.45) is 0. The molecule has 0 spiro atoms. The zero-order chi connectivity index (χ0) is 15.6. The molecule has 0 atom stereocenters. The van der Waals surface area contributed by atoms with Gasteiger partial charge in [-0.05, 0) is 42.8 Å². The quantitative estimate of drug-likeness (QED) is 0.875. The number of carbonyl (C=O) groups excluding carboxylic acids is 1. The summed E-state index contributed by atoms with van der Waals surface area (Å²) in [4.78, 5) is 10.9. The number of primary amides is 1. The Balaban J connectivity index is 2.37. The third-order valence-electron chi connectivity index (χ3n) is 2.68. The second kappa shape index (κ2) is 5.75. The van der Waals surface area contributed by atoms with Crippen LogP contribution < -0.4 is 9.92 Å². The predicted molar refractivity (Wildman–Crippen MR) is 79.0 cm³/mol. The Kier molecular flexibility index (Phi) is 4.20. The molecule has 0 radical (unpaired) electrons. The van der Waals surface area contributed by atoms with Crippen LogP contribution in [0.3, 0.4) is 0 Å². The highest BCUT2D eigenvalue weighted by atomic mass is 35.5. The minimum absolute atomic E-state index is 0.0112. The normalized spacial score (nSPS) is 11.1. The van der Waals surface area contributed by atoms with Crippen LogP contribution in [0, 0.1) is 6.92 Å². The minimum atomic E-state index is -4.09. The molecule has 2 aromatic carbocycles. The predicted octanol–water partition coefficient (Wildman–Crippen LogP) is 2.52. The standard InChI is InChI=1S/C14H12ClNO4S/c1-9-5-6-13(12(15)7-9)21(18,19)20-11-4-2-3-10(8-11)14(16)17/h2-8H,1H3,(H2,16,17). The van der Waals surface area contributed by atoms with E-state index in [1.54, 1.807) is 13.0 Å². The van der Waals surface area contributed by atoms with Crippen LogP contribution in [-0.2, 0) is 10.1 Å². The van der Waals surface area contributed by atoms with Gasteiger partial charge < -0.3 is 9.92 Å². The molecule has 1 amide bonds. The van der Waals surface area contributed by atoms with Crippen LogP contribution in [0.5, 0.6) is 5.75 Å². The molecule has 0 aliphatic rings. The third-order valence-corrected chi connectivity index (χ3v) is 4.41. The lowest BCUT2D eigenvalue weighted by molar-refractivity contribution is 0.1000. The van der Waals surface area contributed by atoms with Crippen LogP contribution in [-0.4, -0.2) is 14.3 Å². The molecule has 0 fully saturated rings. The van der Waals surface area contributed by atoms with Gasteiger partial charge in [-0.15, -0.1) is 0 Å². The van der Waals surface area contributed by atoms with Crippen molar-refractivity contribution in [2.75, 3.05) is 0 Å². The molecule has 0 aromatic heterocycles. The van der Waals surface area contributed by atoms with E-state index in [0.717, 1.165) is 5.56 Å². The van der Waals surface area contributed by atoms with Crippen molar-refractivity contribution in [2.45, 2.75) is 11.8 Å². The van der Waals surface area contributed by atoms with Crippen molar-refractivity contribution in [1.29, 1.82) is 0 Å². The molecule has 0 saturated carbocycles. The molecule has 7 heteroatoms. The fourth-order valence-electron chi connectivity index (χ4n) is 1.68. The Bertz CT molecular complexity index is 802. The summed E-state index contributed by atoms with van der Waals surface area (Å²) in [7, 11) is -4.09. The largest absolute Gasteiger partial charge is 0.379 e. The first kappa shape index (κ1) is 15.3. The van der Waals surface area contributed by atoms with Gasteiger partial charge in [-0.2, -0.15) is 8.42 Å². The maximum Gasteiger partial charge on any atom is 0.340 e.